The Morgan fingerprint density at radius 1 is 1.13 bits per heavy atom. The summed E-state index contributed by atoms with van der Waals surface area (Å²) in [4.78, 5) is 26.3. The largest absolute Gasteiger partial charge is 0.484 e. The molecule has 3 rings (SSSR count). The molecule has 1 atom stereocenters. The maximum Gasteiger partial charge on any atom is 0.265 e. The van der Waals surface area contributed by atoms with Gasteiger partial charge in [-0.3, -0.25) is 14.5 Å². The van der Waals surface area contributed by atoms with Gasteiger partial charge in [-0.15, -0.1) is 0 Å². The SMILES string of the molecule is CNC(=O)[C@H]1Cc2ccccc2N1C(=O)COc1ccccc1. The van der Waals surface area contributed by atoms with Crippen LogP contribution in [0.5, 0.6) is 5.75 Å². The lowest BCUT2D eigenvalue weighted by atomic mass is 10.1. The first-order valence-corrected chi connectivity index (χ1v) is 7.50. The molecule has 1 aliphatic rings. The zero-order valence-electron chi connectivity index (χ0n) is 12.9. The van der Waals surface area contributed by atoms with Crippen molar-refractivity contribution in [1.29, 1.82) is 0 Å². The van der Waals surface area contributed by atoms with Crippen LogP contribution in [0.3, 0.4) is 0 Å². The molecule has 0 fully saturated rings. The van der Waals surface area contributed by atoms with Gasteiger partial charge in [-0.2, -0.15) is 0 Å². The van der Waals surface area contributed by atoms with Crippen LogP contribution in [0.1, 0.15) is 5.56 Å². The highest BCUT2D eigenvalue weighted by Crippen LogP contribution is 2.32. The number of carbonyl (C=O) groups excluding carboxylic acids is 2. The Kier molecular flexibility index (Phi) is 4.28. The second-order valence-corrected chi connectivity index (χ2v) is 5.33. The number of nitrogens with one attached hydrogen (secondary N) is 1. The van der Waals surface area contributed by atoms with Gasteiger partial charge < -0.3 is 10.1 Å². The summed E-state index contributed by atoms with van der Waals surface area (Å²) in [6.45, 7) is -0.105. The van der Waals surface area contributed by atoms with E-state index < -0.39 is 6.04 Å². The van der Waals surface area contributed by atoms with E-state index in [1.165, 1.54) is 4.90 Å². The molecule has 1 N–H and O–H groups in total. The number of carbonyl (C=O) groups is 2. The monoisotopic (exact) mass is 310 g/mol. The molecule has 2 amide bonds. The second kappa shape index (κ2) is 6.52. The summed E-state index contributed by atoms with van der Waals surface area (Å²) in [7, 11) is 1.58. The van der Waals surface area contributed by atoms with Crippen LogP contribution >= 0.6 is 0 Å². The summed E-state index contributed by atoms with van der Waals surface area (Å²) >= 11 is 0. The van der Waals surface area contributed by atoms with E-state index in [0.717, 1.165) is 11.3 Å². The fourth-order valence-corrected chi connectivity index (χ4v) is 2.80. The van der Waals surface area contributed by atoms with E-state index in [9.17, 15) is 9.59 Å². The number of nitrogens with zero attached hydrogens (tertiary/aromatic N) is 1. The highest BCUT2D eigenvalue weighted by atomic mass is 16.5. The lowest BCUT2D eigenvalue weighted by molar-refractivity contribution is -0.126. The molecule has 118 valence electrons. The molecule has 2 aromatic carbocycles. The molecule has 0 aliphatic carbocycles. The number of hydrogen-bond donors (Lipinski definition) is 1. The van der Waals surface area contributed by atoms with Gasteiger partial charge in [0.2, 0.25) is 5.91 Å². The van der Waals surface area contributed by atoms with Crippen molar-refractivity contribution in [3.05, 3.63) is 60.2 Å². The summed E-state index contributed by atoms with van der Waals surface area (Å²) in [5, 5.41) is 2.63. The molecule has 5 heteroatoms. The molecule has 2 aromatic rings. The van der Waals surface area contributed by atoms with Crippen LogP contribution < -0.4 is 15.0 Å². The third-order valence-electron chi connectivity index (χ3n) is 3.90. The molecule has 0 bridgehead atoms. The van der Waals surface area contributed by atoms with E-state index in [1.54, 1.807) is 19.2 Å². The molecular weight excluding hydrogens is 292 g/mol. The van der Waals surface area contributed by atoms with Crippen molar-refractivity contribution in [3.63, 3.8) is 0 Å². The second-order valence-electron chi connectivity index (χ2n) is 5.33. The molecular formula is C18H18N2O3. The van der Waals surface area contributed by atoms with Gasteiger partial charge in [0, 0.05) is 19.2 Å². The quantitative estimate of drug-likeness (QED) is 0.936. The van der Waals surface area contributed by atoms with E-state index in [0.29, 0.717) is 12.2 Å². The number of hydrogen-bond acceptors (Lipinski definition) is 3. The van der Waals surface area contributed by atoms with E-state index in [2.05, 4.69) is 5.32 Å². The van der Waals surface area contributed by atoms with Gasteiger partial charge in [0.25, 0.3) is 5.91 Å². The summed E-state index contributed by atoms with van der Waals surface area (Å²) in [5.41, 5.74) is 1.77. The Morgan fingerprint density at radius 3 is 2.57 bits per heavy atom. The van der Waals surface area contributed by atoms with Gasteiger partial charge in [-0.05, 0) is 23.8 Å². The first-order valence-electron chi connectivity index (χ1n) is 7.50. The molecule has 0 spiro atoms. The van der Waals surface area contributed by atoms with Gasteiger partial charge in [-0.1, -0.05) is 36.4 Å². The predicted octanol–water partition coefficient (Wildman–Crippen LogP) is 1.77. The number of likely N-dealkylation sites (N-methyl/N-ethyl adjacent to an activating group) is 1. The summed E-state index contributed by atoms with van der Waals surface area (Å²) in [6.07, 6.45) is 0.521. The Labute approximate surface area is 134 Å². The Balaban J connectivity index is 1.79. The number of para-hydroxylation sites is 2. The predicted molar refractivity (Wildman–Crippen MR) is 87.4 cm³/mol. The standard InChI is InChI=1S/C18H18N2O3/c1-19-18(22)16-11-13-7-5-6-10-15(13)20(16)17(21)12-23-14-8-3-2-4-9-14/h2-10,16H,11-12H2,1H3,(H,19,22)/t16-/m1/s1. The van der Waals surface area contributed by atoms with Gasteiger partial charge in [0.05, 0.1) is 0 Å². The molecule has 23 heavy (non-hydrogen) atoms. The lowest BCUT2D eigenvalue weighted by Crippen LogP contribution is -2.48. The Hall–Kier alpha value is -2.82. The average molecular weight is 310 g/mol. The minimum atomic E-state index is -0.524. The van der Waals surface area contributed by atoms with Crippen LogP contribution in [0.25, 0.3) is 0 Å². The number of benzene rings is 2. The highest BCUT2D eigenvalue weighted by Gasteiger charge is 2.37. The molecule has 0 unspecified atom stereocenters. The highest BCUT2D eigenvalue weighted by molar-refractivity contribution is 6.04. The topological polar surface area (TPSA) is 58.6 Å². The zero-order chi connectivity index (χ0) is 16.2. The normalized spacial score (nSPS) is 15.9. The van der Waals surface area contributed by atoms with E-state index in [1.807, 2.05) is 42.5 Å². The van der Waals surface area contributed by atoms with E-state index in [-0.39, 0.29) is 18.4 Å². The summed E-state index contributed by atoms with van der Waals surface area (Å²) < 4.78 is 5.53. The van der Waals surface area contributed by atoms with Crippen molar-refractivity contribution >= 4 is 17.5 Å². The zero-order valence-corrected chi connectivity index (χ0v) is 12.9. The smallest absolute Gasteiger partial charge is 0.265 e. The molecule has 0 radical (unpaired) electrons. The fourth-order valence-electron chi connectivity index (χ4n) is 2.80. The summed E-state index contributed by atoms with van der Waals surface area (Å²) in [5.74, 6) is 0.228. The first-order chi connectivity index (χ1) is 11.2. The summed E-state index contributed by atoms with van der Waals surface area (Å²) in [6, 6.07) is 16.2. The molecule has 1 aliphatic heterocycles. The fraction of sp³-hybridized carbons (Fsp3) is 0.222. The Bertz CT molecular complexity index is 715. The van der Waals surface area contributed by atoms with Crippen LogP contribution in [0.2, 0.25) is 0 Å². The van der Waals surface area contributed by atoms with Crippen molar-refractivity contribution in [1.82, 2.24) is 5.32 Å². The number of amides is 2. The maximum atomic E-state index is 12.6. The van der Waals surface area contributed by atoms with Crippen LogP contribution in [-0.2, 0) is 16.0 Å². The third-order valence-corrected chi connectivity index (χ3v) is 3.90. The first kappa shape index (κ1) is 15.1. The molecule has 0 saturated carbocycles. The number of ether oxygens (including phenoxy) is 1. The van der Waals surface area contributed by atoms with Crippen LogP contribution in [-0.4, -0.2) is 31.5 Å². The Morgan fingerprint density at radius 2 is 1.83 bits per heavy atom. The van der Waals surface area contributed by atoms with Gasteiger partial charge in [-0.25, -0.2) is 0 Å². The van der Waals surface area contributed by atoms with Crippen molar-refractivity contribution in [2.24, 2.45) is 0 Å². The van der Waals surface area contributed by atoms with Crippen molar-refractivity contribution in [3.8, 4) is 5.75 Å². The third kappa shape index (κ3) is 3.04. The average Bonchev–Trinajstić information content (AvgIpc) is 2.99. The number of rotatable bonds is 4. The van der Waals surface area contributed by atoms with Crippen molar-refractivity contribution in [2.75, 3.05) is 18.6 Å². The van der Waals surface area contributed by atoms with Crippen LogP contribution in [0, 0.1) is 0 Å². The van der Waals surface area contributed by atoms with Gasteiger partial charge >= 0.3 is 0 Å². The maximum absolute atomic E-state index is 12.6. The molecule has 5 nitrogen and oxygen atoms in total. The molecule has 0 aromatic heterocycles. The van der Waals surface area contributed by atoms with Crippen molar-refractivity contribution in [2.45, 2.75) is 12.5 Å². The van der Waals surface area contributed by atoms with Crippen LogP contribution in [0.15, 0.2) is 54.6 Å². The van der Waals surface area contributed by atoms with E-state index in [4.69, 9.17) is 4.74 Å². The molecule has 1 heterocycles. The van der Waals surface area contributed by atoms with Gasteiger partial charge in [0.1, 0.15) is 11.8 Å². The molecule has 0 saturated heterocycles. The van der Waals surface area contributed by atoms with Gasteiger partial charge in [0.15, 0.2) is 6.61 Å². The number of anilines is 1. The van der Waals surface area contributed by atoms with E-state index >= 15 is 0 Å². The number of fused-ring (bicyclic) bond motifs is 1. The van der Waals surface area contributed by atoms with Crippen LogP contribution in [0.4, 0.5) is 5.69 Å². The lowest BCUT2D eigenvalue weighted by Gasteiger charge is -2.24. The van der Waals surface area contributed by atoms with Crippen molar-refractivity contribution < 1.29 is 14.3 Å². The minimum absolute atomic E-state index is 0.105. The minimum Gasteiger partial charge on any atom is -0.484 e.